The van der Waals surface area contributed by atoms with Crippen LogP contribution in [0.3, 0.4) is 0 Å². The lowest BCUT2D eigenvalue weighted by molar-refractivity contribution is 0.318. The molecule has 0 saturated carbocycles. The molecular weight excluding hydrogens is 261 g/mol. The number of nitrogens with two attached hydrogens (primary N) is 1. The van der Waals surface area contributed by atoms with Crippen LogP contribution in [0.15, 0.2) is 29.6 Å². The van der Waals surface area contributed by atoms with Crippen LogP contribution < -0.4 is 11.1 Å². The average Bonchev–Trinajstić information content (AvgIpc) is 2.75. The summed E-state index contributed by atoms with van der Waals surface area (Å²) in [7, 11) is 1.82. The molecule has 6 nitrogen and oxygen atoms in total. The molecule has 0 bridgehead atoms. The van der Waals surface area contributed by atoms with Crippen molar-refractivity contribution in [2.75, 3.05) is 5.32 Å². The van der Waals surface area contributed by atoms with Crippen LogP contribution in [-0.2, 0) is 13.6 Å². The zero-order valence-electron chi connectivity index (χ0n) is 11.3. The van der Waals surface area contributed by atoms with E-state index in [0.29, 0.717) is 5.56 Å². The Bertz CT molecular complexity index is 650. The molecule has 0 aliphatic rings. The molecule has 0 spiro atoms. The largest absolute Gasteiger partial charge is 0.409 e. The SMILES string of the molecule is Cc1nn(C)cc1NCc1cccc(/C(N)=N/O)c1F. The second kappa shape index (κ2) is 5.60. The molecule has 0 amide bonds. The van der Waals surface area contributed by atoms with Gasteiger partial charge in [0.15, 0.2) is 5.84 Å². The van der Waals surface area contributed by atoms with Crippen molar-refractivity contribution < 1.29 is 9.60 Å². The van der Waals surface area contributed by atoms with Crippen molar-refractivity contribution >= 4 is 11.5 Å². The molecule has 0 fully saturated rings. The number of halogens is 1. The zero-order chi connectivity index (χ0) is 14.7. The number of amidine groups is 1. The summed E-state index contributed by atoms with van der Waals surface area (Å²) in [5.41, 5.74) is 7.60. The Kier molecular flexibility index (Phi) is 3.88. The standard InChI is InChI=1S/C13H16FN5O/c1-8-11(7-19(2)17-8)16-6-9-4-3-5-10(12(9)14)13(15)18-20/h3-5,7,16,20H,6H2,1-2H3,(H2,15,18). The third-order valence-electron chi connectivity index (χ3n) is 2.95. The first-order valence-electron chi connectivity index (χ1n) is 6.02. The minimum absolute atomic E-state index is 0.0784. The van der Waals surface area contributed by atoms with E-state index in [-0.39, 0.29) is 17.9 Å². The molecule has 0 radical (unpaired) electrons. The summed E-state index contributed by atoms with van der Waals surface area (Å²) >= 11 is 0. The molecule has 0 unspecified atom stereocenters. The van der Waals surface area contributed by atoms with E-state index in [1.54, 1.807) is 16.8 Å². The first-order chi connectivity index (χ1) is 9.52. The maximum Gasteiger partial charge on any atom is 0.173 e. The van der Waals surface area contributed by atoms with Crippen LogP contribution in [0.1, 0.15) is 16.8 Å². The Labute approximate surface area is 115 Å². The van der Waals surface area contributed by atoms with E-state index in [9.17, 15) is 4.39 Å². The fraction of sp³-hybridized carbons (Fsp3) is 0.231. The number of aromatic nitrogens is 2. The monoisotopic (exact) mass is 277 g/mol. The van der Waals surface area contributed by atoms with E-state index in [0.717, 1.165) is 11.4 Å². The van der Waals surface area contributed by atoms with Gasteiger partial charge in [-0.2, -0.15) is 5.10 Å². The van der Waals surface area contributed by atoms with Gasteiger partial charge in [0.05, 0.1) is 16.9 Å². The number of nitrogens with one attached hydrogen (secondary N) is 1. The van der Waals surface area contributed by atoms with Crippen molar-refractivity contribution in [2.45, 2.75) is 13.5 Å². The number of benzene rings is 1. The Morgan fingerprint density at radius 3 is 2.90 bits per heavy atom. The maximum atomic E-state index is 14.2. The molecule has 1 aromatic heterocycles. The molecule has 4 N–H and O–H groups in total. The highest BCUT2D eigenvalue weighted by Crippen LogP contribution is 2.17. The fourth-order valence-electron chi connectivity index (χ4n) is 1.93. The van der Waals surface area contributed by atoms with Gasteiger partial charge in [-0.25, -0.2) is 4.39 Å². The highest BCUT2D eigenvalue weighted by molar-refractivity contribution is 5.97. The van der Waals surface area contributed by atoms with Gasteiger partial charge in [-0.05, 0) is 13.0 Å². The maximum absolute atomic E-state index is 14.2. The van der Waals surface area contributed by atoms with Crippen molar-refractivity contribution in [1.29, 1.82) is 0 Å². The van der Waals surface area contributed by atoms with E-state index in [4.69, 9.17) is 10.9 Å². The van der Waals surface area contributed by atoms with Crippen molar-refractivity contribution in [3.05, 3.63) is 47.0 Å². The molecular formula is C13H16FN5O. The molecule has 0 saturated heterocycles. The third kappa shape index (κ3) is 2.71. The van der Waals surface area contributed by atoms with Crippen LogP contribution in [0.2, 0.25) is 0 Å². The number of aryl methyl sites for hydroxylation is 2. The second-order valence-electron chi connectivity index (χ2n) is 4.42. The van der Waals surface area contributed by atoms with Crippen molar-refractivity contribution in [3.63, 3.8) is 0 Å². The van der Waals surface area contributed by atoms with Crippen LogP contribution >= 0.6 is 0 Å². The number of nitrogens with zero attached hydrogens (tertiary/aromatic N) is 3. The topological polar surface area (TPSA) is 88.5 Å². The first-order valence-corrected chi connectivity index (χ1v) is 6.02. The molecule has 2 aromatic rings. The summed E-state index contributed by atoms with van der Waals surface area (Å²) in [5.74, 6) is -0.751. The molecule has 2 rings (SSSR count). The number of oxime groups is 1. The Balaban J connectivity index is 2.20. The Hall–Kier alpha value is -2.57. The summed E-state index contributed by atoms with van der Waals surface area (Å²) in [6.45, 7) is 2.15. The van der Waals surface area contributed by atoms with Gasteiger partial charge >= 0.3 is 0 Å². The lowest BCUT2D eigenvalue weighted by Crippen LogP contribution is -2.16. The van der Waals surface area contributed by atoms with Crippen LogP contribution in [0.5, 0.6) is 0 Å². The van der Waals surface area contributed by atoms with E-state index in [1.807, 2.05) is 20.2 Å². The fourth-order valence-corrected chi connectivity index (χ4v) is 1.93. The third-order valence-corrected chi connectivity index (χ3v) is 2.95. The van der Waals surface area contributed by atoms with Crippen LogP contribution in [0, 0.1) is 12.7 Å². The van der Waals surface area contributed by atoms with E-state index >= 15 is 0 Å². The number of anilines is 1. The number of rotatable bonds is 4. The van der Waals surface area contributed by atoms with Crippen molar-refractivity contribution in [3.8, 4) is 0 Å². The molecule has 7 heteroatoms. The minimum atomic E-state index is -0.503. The highest BCUT2D eigenvalue weighted by Gasteiger charge is 2.12. The minimum Gasteiger partial charge on any atom is -0.409 e. The van der Waals surface area contributed by atoms with Crippen LogP contribution in [0.25, 0.3) is 0 Å². The summed E-state index contributed by atoms with van der Waals surface area (Å²) in [5, 5.41) is 18.7. The van der Waals surface area contributed by atoms with Crippen LogP contribution in [-0.4, -0.2) is 20.8 Å². The Morgan fingerprint density at radius 2 is 2.30 bits per heavy atom. The van der Waals surface area contributed by atoms with Crippen LogP contribution in [0.4, 0.5) is 10.1 Å². The molecule has 0 aliphatic carbocycles. The first kappa shape index (κ1) is 13.9. The smallest absolute Gasteiger partial charge is 0.173 e. The van der Waals surface area contributed by atoms with Crippen molar-refractivity contribution in [2.24, 2.45) is 17.9 Å². The lowest BCUT2D eigenvalue weighted by atomic mass is 10.1. The normalized spacial score (nSPS) is 11.7. The van der Waals surface area contributed by atoms with E-state index in [2.05, 4.69) is 15.6 Å². The summed E-state index contributed by atoms with van der Waals surface area (Å²) in [6, 6.07) is 4.76. The van der Waals surface area contributed by atoms with Gasteiger partial charge in [0.25, 0.3) is 0 Å². The quantitative estimate of drug-likeness (QED) is 0.342. The highest BCUT2D eigenvalue weighted by atomic mass is 19.1. The van der Waals surface area contributed by atoms with Gasteiger partial charge in [-0.1, -0.05) is 17.3 Å². The van der Waals surface area contributed by atoms with Gasteiger partial charge in [0, 0.05) is 25.4 Å². The van der Waals surface area contributed by atoms with Gasteiger partial charge in [0.1, 0.15) is 5.82 Å². The summed E-state index contributed by atoms with van der Waals surface area (Å²) < 4.78 is 15.9. The number of hydrogen-bond donors (Lipinski definition) is 3. The van der Waals surface area contributed by atoms with Gasteiger partial charge in [-0.15, -0.1) is 0 Å². The molecule has 1 heterocycles. The van der Waals surface area contributed by atoms with Gasteiger partial charge < -0.3 is 16.3 Å². The van der Waals surface area contributed by atoms with Crippen molar-refractivity contribution in [1.82, 2.24) is 9.78 Å². The van der Waals surface area contributed by atoms with E-state index < -0.39 is 5.82 Å². The Morgan fingerprint density at radius 1 is 1.55 bits per heavy atom. The summed E-state index contributed by atoms with van der Waals surface area (Å²) in [4.78, 5) is 0. The average molecular weight is 277 g/mol. The molecule has 0 aliphatic heterocycles. The molecule has 1 aromatic carbocycles. The summed E-state index contributed by atoms with van der Waals surface area (Å²) in [6.07, 6.45) is 1.82. The van der Waals surface area contributed by atoms with E-state index in [1.165, 1.54) is 6.07 Å². The predicted octanol–water partition coefficient (Wildman–Crippen LogP) is 1.57. The lowest BCUT2D eigenvalue weighted by Gasteiger charge is -2.09. The predicted molar refractivity (Wildman–Crippen MR) is 74.2 cm³/mol. The molecule has 0 atom stereocenters. The number of hydrogen-bond acceptors (Lipinski definition) is 4. The van der Waals surface area contributed by atoms with Gasteiger partial charge in [0.2, 0.25) is 0 Å². The molecule has 20 heavy (non-hydrogen) atoms. The zero-order valence-corrected chi connectivity index (χ0v) is 11.3. The van der Waals surface area contributed by atoms with Gasteiger partial charge in [-0.3, -0.25) is 4.68 Å². The molecule has 106 valence electrons. The second-order valence-corrected chi connectivity index (χ2v) is 4.42.